The van der Waals surface area contributed by atoms with Crippen LogP contribution in [0.25, 0.3) is 0 Å². The average Bonchev–Trinajstić information content (AvgIpc) is 3.27. The second-order valence-electron chi connectivity index (χ2n) is 8.56. The van der Waals surface area contributed by atoms with E-state index < -0.39 is 0 Å². The van der Waals surface area contributed by atoms with Crippen LogP contribution in [-0.2, 0) is 13.1 Å². The molecule has 5 nitrogen and oxygen atoms in total. The highest BCUT2D eigenvalue weighted by Crippen LogP contribution is 2.26. The van der Waals surface area contributed by atoms with Crippen molar-refractivity contribution in [1.29, 1.82) is 0 Å². The van der Waals surface area contributed by atoms with E-state index >= 15 is 0 Å². The quantitative estimate of drug-likeness (QED) is 0.353. The lowest BCUT2D eigenvalue weighted by atomic mass is 9.94. The summed E-state index contributed by atoms with van der Waals surface area (Å²) >= 11 is 3.50. The maximum absolute atomic E-state index is 13.4. The maximum atomic E-state index is 13.4. The van der Waals surface area contributed by atoms with E-state index in [9.17, 15) is 4.79 Å². The fraction of sp³-hybridized carbons (Fsp3) is 0.370. The topological polar surface area (TPSA) is 46.5 Å². The van der Waals surface area contributed by atoms with Crippen molar-refractivity contribution in [3.63, 3.8) is 0 Å². The average molecular weight is 510 g/mol. The van der Waals surface area contributed by atoms with Gasteiger partial charge in [-0.2, -0.15) is 0 Å². The van der Waals surface area contributed by atoms with Gasteiger partial charge in [0.05, 0.1) is 13.2 Å². The Balaban J connectivity index is 1.50. The molecule has 1 N–H and O–H groups in total. The summed E-state index contributed by atoms with van der Waals surface area (Å²) in [5, 5.41) is 3.11. The summed E-state index contributed by atoms with van der Waals surface area (Å²) in [5.41, 5.74) is 3.17. The number of amides is 2. The molecule has 1 fully saturated rings. The third-order valence-corrected chi connectivity index (χ3v) is 6.74. The lowest BCUT2D eigenvalue weighted by Crippen LogP contribution is -2.43. The molecule has 0 spiro atoms. The number of carbonyl (C=O) groups excluding carboxylic acids is 1. The molecule has 0 saturated heterocycles. The molecule has 0 bridgehead atoms. The smallest absolute Gasteiger partial charge is 0.322 e. The monoisotopic (exact) mass is 509 g/mol. The van der Waals surface area contributed by atoms with E-state index in [4.69, 9.17) is 4.74 Å². The molecule has 0 radical (unpaired) electrons. The van der Waals surface area contributed by atoms with Crippen LogP contribution in [0.2, 0.25) is 0 Å². The molecule has 2 amide bonds. The normalized spacial score (nSPS) is 14.1. The van der Waals surface area contributed by atoms with Gasteiger partial charge in [-0.15, -0.1) is 0 Å². The second kappa shape index (κ2) is 11.4. The Labute approximate surface area is 204 Å². The minimum Gasteiger partial charge on any atom is -0.494 e. The second-order valence-corrected chi connectivity index (χ2v) is 9.48. The van der Waals surface area contributed by atoms with E-state index in [2.05, 4.69) is 68.4 Å². The highest BCUT2D eigenvalue weighted by atomic mass is 79.9. The largest absolute Gasteiger partial charge is 0.494 e. The van der Waals surface area contributed by atoms with Gasteiger partial charge in [0.15, 0.2) is 0 Å². The van der Waals surface area contributed by atoms with Gasteiger partial charge < -0.3 is 19.5 Å². The summed E-state index contributed by atoms with van der Waals surface area (Å²) in [6.07, 6.45) is 7.83. The number of urea groups is 1. The van der Waals surface area contributed by atoms with Crippen LogP contribution in [0.15, 0.2) is 71.3 Å². The summed E-state index contributed by atoms with van der Waals surface area (Å²) in [4.78, 5) is 15.5. The highest BCUT2D eigenvalue weighted by molar-refractivity contribution is 9.10. The first-order valence-electron chi connectivity index (χ1n) is 11.8. The standard InChI is InChI=1S/C27H32BrN3O2/c1-2-33-26-16-14-23(15-17-26)29-27(32)31(24-7-4-3-5-8-24)20-25-9-6-18-30(25)19-21-10-12-22(28)13-11-21/h6,9-18,24H,2-5,7-8,19-20H2,1H3,(H,29,32). The summed E-state index contributed by atoms with van der Waals surface area (Å²) in [6.45, 7) is 3.97. The minimum absolute atomic E-state index is 0.0394. The molecular weight excluding hydrogens is 478 g/mol. The van der Waals surface area contributed by atoms with Crippen LogP contribution in [0.3, 0.4) is 0 Å². The zero-order valence-electron chi connectivity index (χ0n) is 19.2. The van der Waals surface area contributed by atoms with Crippen LogP contribution in [0.5, 0.6) is 5.75 Å². The first-order valence-corrected chi connectivity index (χ1v) is 12.6. The van der Waals surface area contributed by atoms with E-state index in [1.54, 1.807) is 0 Å². The molecule has 6 heteroatoms. The van der Waals surface area contributed by atoms with E-state index in [1.807, 2.05) is 36.1 Å². The van der Waals surface area contributed by atoms with Crippen molar-refractivity contribution >= 4 is 27.6 Å². The van der Waals surface area contributed by atoms with Gasteiger partial charge >= 0.3 is 6.03 Å². The molecule has 0 unspecified atom stereocenters. The Hall–Kier alpha value is -2.73. The lowest BCUT2D eigenvalue weighted by molar-refractivity contribution is 0.161. The van der Waals surface area contributed by atoms with Crippen molar-refractivity contribution in [1.82, 2.24) is 9.47 Å². The van der Waals surface area contributed by atoms with Gasteiger partial charge in [0.1, 0.15) is 5.75 Å². The van der Waals surface area contributed by atoms with Gasteiger partial charge in [0.2, 0.25) is 0 Å². The number of hydrogen-bond acceptors (Lipinski definition) is 2. The molecule has 174 valence electrons. The number of halogens is 1. The first-order chi connectivity index (χ1) is 16.1. The molecule has 1 heterocycles. The number of nitrogens with zero attached hydrogens (tertiary/aromatic N) is 2. The predicted octanol–water partition coefficient (Wildman–Crippen LogP) is 7.06. The van der Waals surface area contributed by atoms with Crippen LogP contribution in [0.1, 0.15) is 50.3 Å². The molecule has 1 saturated carbocycles. The molecule has 0 atom stereocenters. The Morgan fingerprint density at radius 1 is 1.06 bits per heavy atom. The molecule has 1 aromatic heterocycles. The molecule has 3 aromatic rings. The van der Waals surface area contributed by atoms with Crippen LogP contribution in [-0.4, -0.2) is 28.1 Å². The fourth-order valence-electron chi connectivity index (χ4n) is 4.46. The van der Waals surface area contributed by atoms with Crippen molar-refractivity contribution in [3.8, 4) is 5.75 Å². The molecular formula is C27H32BrN3O2. The van der Waals surface area contributed by atoms with Crippen molar-refractivity contribution < 1.29 is 9.53 Å². The van der Waals surface area contributed by atoms with Gasteiger partial charge in [-0.1, -0.05) is 47.3 Å². The van der Waals surface area contributed by atoms with Gasteiger partial charge in [0, 0.05) is 34.6 Å². The summed E-state index contributed by atoms with van der Waals surface area (Å²) in [7, 11) is 0. The molecule has 2 aromatic carbocycles. The summed E-state index contributed by atoms with van der Waals surface area (Å²) in [6, 6.07) is 20.4. The maximum Gasteiger partial charge on any atom is 0.322 e. The number of nitrogens with one attached hydrogen (secondary N) is 1. The Bertz CT molecular complexity index is 1020. The van der Waals surface area contributed by atoms with Gasteiger partial charge in [-0.25, -0.2) is 4.79 Å². The van der Waals surface area contributed by atoms with E-state index in [1.165, 1.54) is 24.8 Å². The number of benzene rings is 2. The number of rotatable bonds is 8. The van der Waals surface area contributed by atoms with Gasteiger partial charge in [0.25, 0.3) is 0 Å². The third-order valence-electron chi connectivity index (χ3n) is 6.21. The van der Waals surface area contributed by atoms with Crippen molar-refractivity contribution in [2.24, 2.45) is 0 Å². The number of ether oxygens (including phenoxy) is 1. The summed E-state index contributed by atoms with van der Waals surface area (Å²) in [5.74, 6) is 0.811. The fourth-order valence-corrected chi connectivity index (χ4v) is 4.73. The van der Waals surface area contributed by atoms with Crippen molar-refractivity contribution in [3.05, 3.63) is 82.6 Å². The molecule has 4 rings (SSSR count). The Morgan fingerprint density at radius 2 is 1.79 bits per heavy atom. The zero-order chi connectivity index (χ0) is 23.0. The predicted molar refractivity (Wildman–Crippen MR) is 137 cm³/mol. The van der Waals surface area contributed by atoms with Crippen LogP contribution in [0, 0.1) is 0 Å². The number of carbonyl (C=O) groups is 1. The van der Waals surface area contributed by atoms with E-state index in [0.29, 0.717) is 13.2 Å². The molecule has 33 heavy (non-hydrogen) atoms. The van der Waals surface area contributed by atoms with Gasteiger partial charge in [-0.3, -0.25) is 0 Å². The van der Waals surface area contributed by atoms with E-state index in [0.717, 1.165) is 41.0 Å². The molecule has 1 aliphatic carbocycles. The van der Waals surface area contributed by atoms with Crippen LogP contribution >= 0.6 is 15.9 Å². The first kappa shape index (κ1) is 23.4. The third kappa shape index (κ3) is 6.41. The highest BCUT2D eigenvalue weighted by Gasteiger charge is 2.26. The van der Waals surface area contributed by atoms with Crippen molar-refractivity contribution in [2.75, 3.05) is 11.9 Å². The Morgan fingerprint density at radius 3 is 2.48 bits per heavy atom. The lowest BCUT2D eigenvalue weighted by Gasteiger charge is -2.34. The van der Waals surface area contributed by atoms with Crippen LogP contribution in [0.4, 0.5) is 10.5 Å². The number of aromatic nitrogens is 1. The Kier molecular flexibility index (Phi) is 8.10. The summed E-state index contributed by atoms with van der Waals surface area (Å²) < 4.78 is 8.84. The molecule has 0 aliphatic heterocycles. The minimum atomic E-state index is -0.0394. The van der Waals surface area contributed by atoms with Crippen molar-refractivity contribution in [2.45, 2.75) is 58.2 Å². The SMILES string of the molecule is CCOc1ccc(NC(=O)N(Cc2cccn2Cc2ccc(Br)cc2)C2CCCCC2)cc1. The number of anilines is 1. The van der Waals surface area contributed by atoms with Crippen LogP contribution < -0.4 is 10.1 Å². The van der Waals surface area contributed by atoms with Gasteiger partial charge in [-0.05, 0) is 73.9 Å². The zero-order valence-corrected chi connectivity index (χ0v) is 20.8. The van der Waals surface area contributed by atoms with E-state index in [-0.39, 0.29) is 12.1 Å². The molecule has 1 aliphatic rings. The number of hydrogen-bond donors (Lipinski definition) is 1.